The Kier molecular flexibility index (Phi) is 5.66. The summed E-state index contributed by atoms with van der Waals surface area (Å²) in [6, 6.07) is 9.41. The molecule has 0 bridgehead atoms. The molecular formula is C13H18ClN5O. The van der Waals surface area contributed by atoms with Gasteiger partial charge in [-0.1, -0.05) is 18.2 Å². The smallest absolute Gasteiger partial charge is 0.276 e. The van der Waals surface area contributed by atoms with Crippen molar-refractivity contribution in [3.05, 3.63) is 42.2 Å². The predicted molar refractivity (Wildman–Crippen MR) is 79.2 cm³/mol. The van der Waals surface area contributed by atoms with E-state index in [9.17, 15) is 4.79 Å². The molecule has 6 nitrogen and oxygen atoms in total. The normalized spacial score (nSPS) is 11.6. The highest BCUT2D eigenvalue weighted by Crippen LogP contribution is 2.07. The summed E-state index contributed by atoms with van der Waals surface area (Å²) >= 11 is 0. The van der Waals surface area contributed by atoms with E-state index in [1.165, 1.54) is 11.0 Å². The zero-order valence-corrected chi connectivity index (χ0v) is 12.2. The molecule has 1 aromatic carbocycles. The second-order valence-corrected chi connectivity index (χ2v) is 4.36. The van der Waals surface area contributed by atoms with E-state index in [1.54, 1.807) is 11.9 Å². The van der Waals surface area contributed by atoms with Crippen LogP contribution in [0.5, 0.6) is 0 Å². The summed E-state index contributed by atoms with van der Waals surface area (Å²) in [7, 11) is 1.71. The number of rotatable bonds is 4. The number of carbonyl (C=O) groups is 1. The summed E-state index contributed by atoms with van der Waals surface area (Å²) in [6.07, 6.45) is 1.47. The van der Waals surface area contributed by atoms with Crippen LogP contribution in [0.4, 0.5) is 0 Å². The molecule has 0 aliphatic rings. The number of carbonyl (C=O) groups excluding carboxylic acids is 1. The van der Waals surface area contributed by atoms with E-state index in [0.717, 1.165) is 5.69 Å². The van der Waals surface area contributed by atoms with E-state index in [0.29, 0.717) is 12.2 Å². The Hall–Kier alpha value is -1.92. The molecule has 0 aliphatic heterocycles. The van der Waals surface area contributed by atoms with E-state index in [2.05, 4.69) is 10.2 Å². The number of para-hydroxylation sites is 1. The summed E-state index contributed by atoms with van der Waals surface area (Å²) in [6.45, 7) is 2.30. The minimum absolute atomic E-state index is 0. The Morgan fingerprint density at radius 2 is 2.05 bits per heavy atom. The fraction of sp³-hybridized carbons (Fsp3) is 0.308. The van der Waals surface area contributed by atoms with Crippen LogP contribution in [-0.4, -0.2) is 45.4 Å². The van der Waals surface area contributed by atoms with Gasteiger partial charge < -0.3 is 10.6 Å². The second kappa shape index (κ2) is 7.02. The molecule has 2 rings (SSSR count). The van der Waals surface area contributed by atoms with Gasteiger partial charge in [0.1, 0.15) is 0 Å². The highest BCUT2D eigenvalue weighted by Gasteiger charge is 2.19. The summed E-state index contributed by atoms with van der Waals surface area (Å²) < 4.78 is 0. The topological polar surface area (TPSA) is 77.0 Å². The SMILES string of the molecule is CC(CN)N(C)C(=O)c1cnn(-c2ccccc2)n1.Cl. The van der Waals surface area contributed by atoms with Crippen molar-refractivity contribution in [1.82, 2.24) is 19.9 Å². The number of hydrogen-bond donors (Lipinski definition) is 1. The van der Waals surface area contributed by atoms with E-state index in [4.69, 9.17) is 5.73 Å². The Morgan fingerprint density at radius 1 is 1.40 bits per heavy atom. The zero-order chi connectivity index (χ0) is 13.8. The van der Waals surface area contributed by atoms with Crippen molar-refractivity contribution in [2.75, 3.05) is 13.6 Å². The van der Waals surface area contributed by atoms with Crippen molar-refractivity contribution in [2.45, 2.75) is 13.0 Å². The Morgan fingerprint density at radius 3 is 2.65 bits per heavy atom. The Labute approximate surface area is 124 Å². The number of aromatic nitrogens is 3. The van der Waals surface area contributed by atoms with Crippen LogP contribution >= 0.6 is 12.4 Å². The van der Waals surface area contributed by atoms with Crippen LogP contribution in [0, 0.1) is 0 Å². The molecule has 2 N–H and O–H groups in total. The van der Waals surface area contributed by atoms with Crippen LogP contribution in [0.3, 0.4) is 0 Å². The van der Waals surface area contributed by atoms with Gasteiger partial charge in [-0.25, -0.2) is 0 Å². The molecule has 0 aliphatic carbocycles. The lowest BCUT2D eigenvalue weighted by Crippen LogP contribution is -2.39. The van der Waals surface area contributed by atoms with Crippen LogP contribution in [0.15, 0.2) is 36.5 Å². The molecule has 1 heterocycles. The van der Waals surface area contributed by atoms with E-state index < -0.39 is 0 Å². The standard InChI is InChI=1S/C13H17N5O.ClH/c1-10(8-14)17(2)13(19)12-9-15-18(16-12)11-6-4-3-5-7-11;/h3-7,9-10H,8,14H2,1-2H3;1H. The van der Waals surface area contributed by atoms with Gasteiger partial charge >= 0.3 is 0 Å². The van der Waals surface area contributed by atoms with E-state index in [1.807, 2.05) is 37.3 Å². The van der Waals surface area contributed by atoms with Crippen molar-refractivity contribution in [3.8, 4) is 5.69 Å². The molecule has 0 fully saturated rings. The Balaban J connectivity index is 0.00000200. The maximum Gasteiger partial charge on any atom is 0.276 e. The van der Waals surface area contributed by atoms with E-state index in [-0.39, 0.29) is 24.4 Å². The molecule has 7 heteroatoms. The molecule has 0 radical (unpaired) electrons. The number of likely N-dealkylation sites (N-methyl/N-ethyl adjacent to an activating group) is 1. The number of benzene rings is 1. The van der Waals surface area contributed by atoms with Gasteiger partial charge in [0.2, 0.25) is 0 Å². The minimum atomic E-state index is -0.180. The fourth-order valence-corrected chi connectivity index (χ4v) is 1.59. The van der Waals surface area contributed by atoms with Crippen LogP contribution in [0.1, 0.15) is 17.4 Å². The third-order valence-electron chi connectivity index (χ3n) is 3.02. The molecule has 1 amide bonds. The molecule has 1 aromatic heterocycles. The van der Waals surface area contributed by atoms with Gasteiger partial charge in [0.05, 0.1) is 11.9 Å². The predicted octanol–water partition coefficient (Wildman–Crippen LogP) is 1.11. The first-order valence-corrected chi connectivity index (χ1v) is 6.08. The third-order valence-corrected chi connectivity index (χ3v) is 3.02. The van der Waals surface area contributed by atoms with Crippen LogP contribution < -0.4 is 5.73 Å². The monoisotopic (exact) mass is 295 g/mol. The lowest BCUT2D eigenvalue weighted by atomic mass is 10.3. The van der Waals surface area contributed by atoms with Gasteiger partial charge in [0.25, 0.3) is 5.91 Å². The van der Waals surface area contributed by atoms with Crippen LogP contribution in [-0.2, 0) is 0 Å². The van der Waals surface area contributed by atoms with Crippen molar-refractivity contribution < 1.29 is 4.79 Å². The first-order chi connectivity index (χ1) is 9.13. The Bertz CT molecular complexity index is 557. The van der Waals surface area contributed by atoms with Crippen molar-refractivity contribution in [2.24, 2.45) is 5.73 Å². The fourth-order valence-electron chi connectivity index (χ4n) is 1.59. The number of hydrogen-bond acceptors (Lipinski definition) is 4. The first-order valence-electron chi connectivity index (χ1n) is 6.08. The summed E-state index contributed by atoms with van der Waals surface area (Å²) in [4.78, 5) is 15.2. The van der Waals surface area contributed by atoms with Gasteiger partial charge in [-0.15, -0.1) is 17.5 Å². The number of nitrogens with zero attached hydrogens (tertiary/aromatic N) is 4. The molecule has 108 valence electrons. The van der Waals surface area contributed by atoms with Gasteiger partial charge in [0.15, 0.2) is 5.69 Å². The zero-order valence-electron chi connectivity index (χ0n) is 11.4. The molecular weight excluding hydrogens is 278 g/mol. The van der Waals surface area contributed by atoms with Gasteiger partial charge in [0, 0.05) is 19.6 Å². The lowest BCUT2D eigenvalue weighted by Gasteiger charge is -2.22. The molecule has 2 aromatic rings. The minimum Gasteiger partial charge on any atom is -0.336 e. The average Bonchev–Trinajstić information content (AvgIpc) is 2.95. The maximum atomic E-state index is 12.1. The molecule has 0 spiro atoms. The summed E-state index contributed by atoms with van der Waals surface area (Å²) in [5.41, 5.74) is 6.68. The second-order valence-electron chi connectivity index (χ2n) is 4.36. The van der Waals surface area contributed by atoms with Crippen molar-refractivity contribution in [3.63, 3.8) is 0 Å². The number of halogens is 1. The van der Waals surface area contributed by atoms with Gasteiger partial charge in [-0.3, -0.25) is 4.79 Å². The number of nitrogens with two attached hydrogens (primary N) is 1. The lowest BCUT2D eigenvalue weighted by molar-refractivity contribution is 0.0742. The van der Waals surface area contributed by atoms with Crippen LogP contribution in [0.2, 0.25) is 0 Å². The van der Waals surface area contributed by atoms with Gasteiger partial charge in [-0.05, 0) is 19.1 Å². The highest BCUT2D eigenvalue weighted by atomic mass is 35.5. The summed E-state index contributed by atoms with van der Waals surface area (Å²) in [5.74, 6) is -0.180. The first kappa shape index (κ1) is 16.1. The molecule has 20 heavy (non-hydrogen) atoms. The average molecular weight is 296 g/mol. The van der Waals surface area contributed by atoms with E-state index >= 15 is 0 Å². The molecule has 0 saturated carbocycles. The molecule has 0 saturated heterocycles. The molecule has 1 unspecified atom stereocenters. The molecule has 1 atom stereocenters. The quantitative estimate of drug-likeness (QED) is 0.916. The van der Waals surface area contributed by atoms with Gasteiger partial charge in [-0.2, -0.15) is 9.90 Å². The van der Waals surface area contributed by atoms with Crippen molar-refractivity contribution >= 4 is 18.3 Å². The summed E-state index contributed by atoms with van der Waals surface area (Å²) in [5, 5.41) is 8.29. The highest BCUT2D eigenvalue weighted by molar-refractivity contribution is 5.92. The van der Waals surface area contributed by atoms with Crippen LogP contribution in [0.25, 0.3) is 5.69 Å². The number of amides is 1. The third kappa shape index (κ3) is 3.34. The maximum absolute atomic E-state index is 12.1. The van der Waals surface area contributed by atoms with Crippen molar-refractivity contribution in [1.29, 1.82) is 0 Å². The largest absolute Gasteiger partial charge is 0.336 e.